The van der Waals surface area contributed by atoms with Crippen molar-refractivity contribution in [3.05, 3.63) is 103 Å². The highest BCUT2D eigenvalue weighted by Crippen LogP contribution is 2.44. The zero-order valence-electron chi connectivity index (χ0n) is 34.8. The molecule has 0 aliphatic heterocycles. The lowest BCUT2D eigenvalue weighted by Gasteiger charge is -2.11. The van der Waals surface area contributed by atoms with Crippen LogP contribution in [0.15, 0.2) is 143 Å². The van der Waals surface area contributed by atoms with Crippen molar-refractivity contribution in [3.63, 3.8) is 0 Å². The van der Waals surface area contributed by atoms with Crippen LogP contribution in [0.4, 0.5) is 33.6 Å². The Kier molecular flexibility index (Phi) is 12.8. The molecule has 69 heavy (non-hydrogen) atoms. The Labute approximate surface area is 393 Å². The van der Waals surface area contributed by atoms with E-state index in [1.807, 2.05) is 24.3 Å². The Bertz CT molecular complexity index is 3940. The third-order valence-electron chi connectivity index (χ3n) is 9.89. The average molecular weight is 1040 g/mol. The topological polar surface area (TPSA) is 372 Å². The van der Waals surface area contributed by atoms with Gasteiger partial charge in [-0.05, 0) is 85.0 Å². The fourth-order valence-corrected chi connectivity index (χ4v) is 10.2. The lowest BCUT2D eigenvalue weighted by molar-refractivity contribution is 0.317. The van der Waals surface area contributed by atoms with E-state index in [0.717, 1.165) is 33.2 Å². The van der Waals surface area contributed by atoms with Gasteiger partial charge >= 0.3 is 0 Å². The highest BCUT2D eigenvalue weighted by molar-refractivity contribution is 7.87. The molecule has 0 radical (unpaired) electrons. The number of aryl methyl sites for hydroxylation is 1. The van der Waals surface area contributed by atoms with E-state index < -0.39 is 78.2 Å². The number of hydrogen-bond donors (Lipinski definition) is 6. The Balaban J connectivity index is 1.10. The summed E-state index contributed by atoms with van der Waals surface area (Å²) in [6, 6.07) is 20.2. The first-order chi connectivity index (χ1) is 32.4. The molecule has 0 saturated carbocycles. The van der Waals surface area contributed by atoms with Crippen LogP contribution in [0.2, 0.25) is 0 Å². The highest BCUT2D eigenvalue weighted by atomic mass is 32.2. The second-order valence-electron chi connectivity index (χ2n) is 14.6. The Morgan fingerprint density at radius 2 is 1.32 bits per heavy atom. The zero-order valence-corrected chi connectivity index (χ0v) is 38.9. The SMILES string of the molecule is Cc1cc(N=Nc2ccc3c(S(=O)(=O)O)c(N=Nc4cnn(-c5ccc6c(S(=O)(=O)O)cc(S(=O)(=O)O)cc6c5)c4O)ccc3c2O)c(OCCCS(=O)(=O)O)cc1N=Nc1nc2ccccc2s1. The van der Waals surface area contributed by atoms with Gasteiger partial charge < -0.3 is 14.9 Å². The summed E-state index contributed by atoms with van der Waals surface area (Å²) in [5, 5.41) is 50.8. The molecule has 2 heterocycles. The number of thiazole rings is 1. The lowest BCUT2D eigenvalue weighted by atomic mass is 10.1. The fraction of sp³-hybridized carbons (Fsp3) is 0.100. The summed E-state index contributed by atoms with van der Waals surface area (Å²) in [5.74, 6) is -1.80. The molecule has 6 N–H and O–H groups in total. The van der Waals surface area contributed by atoms with Crippen molar-refractivity contribution in [3.8, 4) is 23.1 Å². The van der Waals surface area contributed by atoms with E-state index in [2.05, 4.69) is 40.8 Å². The zero-order chi connectivity index (χ0) is 49.6. The number of para-hydroxylation sites is 1. The van der Waals surface area contributed by atoms with Gasteiger partial charge in [-0.1, -0.05) is 35.6 Å². The Morgan fingerprint density at radius 1 is 0.652 bits per heavy atom. The largest absolute Gasteiger partial charge is 0.505 e. The summed E-state index contributed by atoms with van der Waals surface area (Å²) in [5.41, 5.74) is 0.716. The minimum absolute atomic E-state index is 0.00224. The minimum Gasteiger partial charge on any atom is -0.505 e. The molecule has 2 aromatic heterocycles. The second kappa shape index (κ2) is 18.4. The van der Waals surface area contributed by atoms with Crippen molar-refractivity contribution in [2.45, 2.75) is 28.0 Å². The number of phenolic OH excluding ortho intramolecular Hbond substituents is 1. The number of nitrogens with zero attached hydrogens (tertiary/aromatic N) is 9. The molecule has 6 aromatic carbocycles. The molecule has 356 valence electrons. The van der Waals surface area contributed by atoms with E-state index in [0.29, 0.717) is 22.4 Å². The van der Waals surface area contributed by atoms with Gasteiger partial charge in [0.2, 0.25) is 11.0 Å². The van der Waals surface area contributed by atoms with Gasteiger partial charge in [0.25, 0.3) is 40.5 Å². The third-order valence-corrected chi connectivity index (χ3v) is 14.3. The van der Waals surface area contributed by atoms with Crippen LogP contribution in [0.1, 0.15) is 12.0 Å². The molecule has 0 aliphatic carbocycles. The molecule has 0 atom stereocenters. The number of hydrogen-bond acceptors (Lipinski definition) is 20. The number of rotatable bonds is 15. The van der Waals surface area contributed by atoms with E-state index in [1.54, 1.807) is 6.92 Å². The van der Waals surface area contributed by atoms with Gasteiger partial charge in [0.05, 0.1) is 45.0 Å². The molecule has 8 aromatic rings. The minimum atomic E-state index is -5.12. The lowest BCUT2D eigenvalue weighted by Crippen LogP contribution is -2.08. The predicted molar refractivity (Wildman–Crippen MR) is 248 cm³/mol. The summed E-state index contributed by atoms with van der Waals surface area (Å²) in [4.78, 5) is 1.95. The van der Waals surface area contributed by atoms with E-state index in [1.165, 1.54) is 59.9 Å². The summed E-state index contributed by atoms with van der Waals surface area (Å²) >= 11 is 1.32. The second-order valence-corrected chi connectivity index (χ2v) is 21.4. The standard InChI is InChI=1S/C40H31N9O15S5/c1-21-15-32(34(64-13-4-14-66(52,53)54)19-31(21)45-48-40-42-28-5-2-3-6-35(28)65-40)46-43-29-11-10-27-26(37(29)50)9-12-30(38(27)69(61,62)63)44-47-33-20-41-49(39(33)51)23-7-8-25-22(16-23)17-24(67(55,56)57)18-36(25)68(58,59)60/h2-3,5-12,15-20,50-51H,4,13-14H2,1H3,(H,52,53,54)(H,55,56,57)(H,58,59,60)(H,61,62,63). The summed E-state index contributed by atoms with van der Waals surface area (Å²) < 4.78 is 142. The maximum Gasteiger partial charge on any atom is 0.297 e. The third kappa shape index (κ3) is 10.6. The van der Waals surface area contributed by atoms with Crippen molar-refractivity contribution in [2.24, 2.45) is 30.7 Å². The Hall–Kier alpha value is -7.22. The molecule has 24 nitrogen and oxygen atoms in total. The first kappa shape index (κ1) is 48.2. The van der Waals surface area contributed by atoms with Crippen LogP contribution in [0.3, 0.4) is 0 Å². The number of aromatic hydroxyl groups is 2. The molecule has 0 amide bonds. The van der Waals surface area contributed by atoms with E-state index in [9.17, 15) is 62.1 Å². The van der Waals surface area contributed by atoms with Gasteiger partial charge in [-0.3, -0.25) is 18.2 Å². The molecule has 29 heteroatoms. The number of phenols is 1. The van der Waals surface area contributed by atoms with E-state index >= 15 is 0 Å². The maximum atomic E-state index is 12.8. The number of benzene rings is 6. The number of fused-ring (bicyclic) bond motifs is 3. The average Bonchev–Trinajstić information content (AvgIpc) is 3.87. The normalized spacial score (nSPS) is 13.0. The van der Waals surface area contributed by atoms with Crippen LogP contribution in [-0.4, -0.2) is 89.2 Å². The van der Waals surface area contributed by atoms with Gasteiger partial charge in [-0.15, -0.1) is 30.7 Å². The van der Waals surface area contributed by atoms with Crippen LogP contribution in [0, 0.1) is 6.92 Å². The molecule has 8 rings (SSSR count). The van der Waals surface area contributed by atoms with Gasteiger partial charge in [0.15, 0.2) is 11.4 Å². The molecule has 0 saturated heterocycles. The number of aromatic nitrogens is 3. The molecule has 0 fully saturated rings. The van der Waals surface area contributed by atoms with Gasteiger partial charge in [0, 0.05) is 22.2 Å². The maximum absolute atomic E-state index is 12.8. The first-order valence-electron chi connectivity index (χ1n) is 19.3. The van der Waals surface area contributed by atoms with Crippen molar-refractivity contribution in [1.29, 1.82) is 0 Å². The number of azo groups is 3. The molecule has 0 unspecified atom stereocenters. The van der Waals surface area contributed by atoms with Crippen LogP contribution < -0.4 is 4.74 Å². The van der Waals surface area contributed by atoms with Crippen molar-refractivity contribution in [2.75, 3.05) is 12.4 Å². The summed E-state index contributed by atoms with van der Waals surface area (Å²) in [6.45, 7) is 1.51. The predicted octanol–water partition coefficient (Wildman–Crippen LogP) is 9.15. The molecule has 0 spiro atoms. The molecular formula is C40H31N9O15S5. The van der Waals surface area contributed by atoms with Crippen LogP contribution in [-0.2, 0) is 40.5 Å². The van der Waals surface area contributed by atoms with Crippen molar-refractivity contribution < 1.29 is 66.8 Å². The summed E-state index contributed by atoms with van der Waals surface area (Å²) in [6.07, 6.45) is 0.901. The van der Waals surface area contributed by atoms with E-state index in [-0.39, 0.29) is 63.1 Å². The molecule has 0 aliphatic rings. The van der Waals surface area contributed by atoms with E-state index in [4.69, 9.17) is 4.74 Å². The van der Waals surface area contributed by atoms with Crippen molar-refractivity contribution in [1.82, 2.24) is 14.8 Å². The quantitative estimate of drug-likeness (QED) is 0.0316. The fourth-order valence-electron chi connectivity index (χ4n) is 6.75. The van der Waals surface area contributed by atoms with Crippen molar-refractivity contribution >= 4 is 117 Å². The Morgan fingerprint density at radius 3 is 2.03 bits per heavy atom. The van der Waals surface area contributed by atoms with Gasteiger partial charge in [-0.2, -0.15) is 43.5 Å². The molecule has 0 bridgehead atoms. The van der Waals surface area contributed by atoms with Crippen LogP contribution >= 0.6 is 11.3 Å². The first-order valence-corrected chi connectivity index (χ1v) is 26.1. The smallest absolute Gasteiger partial charge is 0.297 e. The monoisotopic (exact) mass is 1040 g/mol. The van der Waals surface area contributed by atoms with Crippen LogP contribution in [0.5, 0.6) is 17.4 Å². The summed E-state index contributed by atoms with van der Waals surface area (Å²) in [7, 11) is -19.3. The van der Waals surface area contributed by atoms with Crippen LogP contribution in [0.25, 0.3) is 37.4 Å². The van der Waals surface area contributed by atoms with Gasteiger partial charge in [0.1, 0.15) is 32.6 Å². The van der Waals surface area contributed by atoms with Gasteiger partial charge in [-0.25, -0.2) is 4.98 Å². The highest BCUT2D eigenvalue weighted by Gasteiger charge is 2.24. The number of ether oxygens (including phenoxy) is 1. The molecular weight excluding hydrogens is 1010 g/mol.